The Morgan fingerprint density at radius 2 is 2.20 bits per heavy atom. The van der Waals surface area contributed by atoms with E-state index in [2.05, 4.69) is 5.32 Å². The van der Waals surface area contributed by atoms with Crippen LogP contribution in [0, 0.1) is 0 Å². The van der Waals surface area contributed by atoms with E-state index in [-0.39, 0.29) is 5.91 Å². The van der Waals surface area contributed by atoms with E-state index in [1.807, 2.05) is 10.8 Å². The summed E-state index contributed by atoms with van der Waals surface area (Å²) < 4.78 is 0. The summed E-state index contributed by atoms with van der Waals surface area (Å²) in [6.07, 6.45) is 0. The third kappa shape index (κ3) is 2.35. The number of amides is 1. The Hall–Kier alpha value is -1.81. The van der Waals surface area contributed by atoms with Crippen LogP contribution < -0.4 is 11.1 Å². The molecule has 0 unspecified atom stereocenters. The summed E-state index contributed by atoms with van der Waals surface area (Å²) in [5.74, 6) is -0.109. The maximum atomic E-state index is 11.6. The monoisotopic (exact) mass is 218 g/mol. The van der Waals surface area contributed by atoms with Crippen molar-refractivity contribution < 1.29 is 4.79 Å². The van der Waals surface area contributed by atoms with E-state index in [0.717, 1.165) is 0 Å². The summed E-state index contributed by atoms with van der Waals surface area (Å²) in [4.78, 5) is 11.6. The number of thiophene rings is 1. The first kappa shape index (κ1) is 9.73. The smallest absolute Gasteiger partial charge is 0.256 e. The van der Waals surface area contributed by atoms with Crippen LogP contribution in [0.15, 0.2) is 41.1 Å². The van der Waals surface area contributed by atoms with E-state index in [4.69, 9.17) is 5.73 Å². The Morgan fingerprint density at radius 3 is 2.87 bits per heavy atom. The van der Waals surface area contributed by atoms with Gasteiger partial charge in [0.2, 0.25) is 0 Å². The summed E-state index contributed by atoms with van der Waals surface area (Å²) in [6.45, 7) is 0. The molecule has 1 aromatic carbocycles. The molecule has 2 aromatic rings. The van der Waals surface area contributed by atoms with Crippen molar-refractivity contribution in [3.05, 3.63) is 46.7 Å². The second-order valence-corrected chi connectivity index (χ2v) is 3.87. The predicted molar refractivity (Wildman–Crippen MR) is 63.1 cm³/mol. The number of carbonyl (C=O) groups is 1. The Kier molecular flexibility index (Phi) is 2.69. The second kappa shape index (κ2) is 4.14. The zero-order valence-electron chi connectivity index (χ0n) is 7.94. The summed E-state index contributed by atoms with van der Waals surface area (Å²) in [6, 6.07) is 8.90. The number of anilines is 2. The highest BCUT2D eigenvalue weighted by molar-refractivity contribution is 7.08. The highest BCUT2D eigenvalue weighted by Gasteiger charge is 2.05. The number of nitrogen functional groups attached to an aromatic ring is 1. The Morgan fingerprint density at radius 1 is 1.33 bits per heavy atom. The van der Waals surface area contributed by atoms with Gasteiger partial charge in [-0.1, -0.05) is 6.07 Å². The van der Waals surface area contributed by atoms with Gasteiger partial charge in [-0.2, -0.15) is 11.3 Å². The Labute approximate surface area is 91.5 Å². The van der Waals surface area contributed by atoms with Gasteiger partial charge in [0.15, 0.2) is 0 Å². The standard InChI is InChI=1S/C11H10N2OS/c12-9-2-1-3-10(6-9)13-11(14)8-4-5-15-7-8/h1-7H,12H2,(H,13,14). The van der Waals surface area contributed by atoms with Gasteiger partial charge in [0, 0.05) is 16.8 Å². The summed E-state index contributed by atoms with van der Waals surface area (Å²) in [7, 11) is 0. The van der Waals surface area contributed by atoms with Gasteiger partial charge in [-0.15, -0.1) is 0 Å². The van der Waals surface area contributed by atoms with Crippen molar-refractivity contribution in [2.45, 2.75) is 0 Å². The SMILES string of the molecule is Nc1cccc(NC(=O)c2ccsc2)c1. The minimum Gasteiger partial charge on any atom is -0.399 e. The fraction of sp³-hybridized carbons (Fsp3) is 0. The minimum absolute atomic E-state index is 0.109. The molecule has 0 atom stereocenters. The molecular weight excluding hydrogens is 208 g/mol. The number of hydrogen-bond acceptors (Lipinski definition) is 3. The molecule has 0 aliphatic rings. The lowest BCUT2D eigenvalue weighted by atomic mass is 10.2. The minimum atomic E-state index is -0.109. The van der Waals surface area contributed by atoms with E-state index in [1.165, 1.54) is 11.3 Å². The first-order valence-electron chi connectivity index (χ1n) is 4.45. The van der Waals surface area contributed by atoms with Crippen molar-refractivity contribution in [3.8, 4) is 0 Å². The highest BCUT2D eigenvalue weighted by Crippen LogP contribution is 2.14. The van der Waals surface area contributed by atoms with Crippen molar-refractivity contribution in [2.24, 2.45) is 0 Å². The van der Waals surface area contributed by atoms with Crippen molar-refractivity contribution in [1.29, 1.82) is 0 Å². The maximum Gasteiger partial charge on any atom is 0.256 e. The third-order valence-electron chi connectivity index (χ3n) is 1.93. The molecule has 0 bridgehead atoms. The Balaban J connectivity index is 2.13. The van der Waals surface area contributed by atoms with E-state index in [0.29, 0.717) is 16.9 Å². The number of carbonyl (C=O) groups excluding carboxylic acids is 1. The average molecular weight is 218 g/mol. The predicted octanol–water partition coefficient (Wildman–Crippen LogP) is 2.58. The van der Waals surface area contributed by atoms with Crippen LogP contribution in [0.3, 0.4) is 0 Å². The number of rotatable bonds is 2. The van der Waals surface area contributed by atoms with Gasteiger partial charge >= 0.3 is 0 Å². The molecule has 4 heteroatoms. The van der Waals surface area contributed by atoms with Crippen molar-refractivity contribution in [1.82, 2.24) is 0 Å². The zero-order chi connectivity index (χ0) is 10.7. The molecule has 3 nitrogen and oxygen atoms in total. The lowest BCUT2D eigenvalue weighted by Crippen LogP contribution is -2.10. The molecule has 1 aromatic heterocycles. The summed E-state index contributed by atoms with van der Waals surface area (Å²) >= 11 is 1.50. The van der Waals surface area contributed by atoms with Gasteiger partial charge in [0.1, 0.15) is 0 Å². The molecule has 0 radical (unpaired) electrons. The third-order valence-corrected chi connectivity index (χ3v) is 2.61. The van der Waals surface area contributed by atoms with Gasteiger partial charge < -0.3 is 11.1 Å². The van der Waals surface area contributed by atoms with Crippen LogP contribution in [0.5, 0.6) is 0 Å². The molecule has 0 fully saturated rings. The number of benzene rings is 1. The average Bonchev–Trinajstić information content (AvgIpc) is 2.70. The van der Waals surface area contributed by atoms with Crippen LogP contribution in [0.1, 0.15) is 10.4 Å². The molecule has 3 N–H and O–H groups in total. The highest BCUT2D eigenvalue weighted by atomic mass is 32.1. The quantitative estimate of drug-likeness (QED) is 0.761. The van der Waals surface area contributed by atoms with E-state index < -0.39 is 0 Å². The molecule has 0 aliphatic heterocycles. The topological polar surface area (TPSA) is 55.1 Å². The molecular formula is C11H10N2OS. The van der Waals surface area contributed by atoms with Crippen LogP contribution in [0.4, 0.5) is 11.4 Å². The van der Waals surface area contributed by atoms with Crippen molar-refractivity contribution in [3.63, 3.8) is 0 Å². The zero-order valence-corrected chi connectivity index (χ0v) is 8.75. The van der Waals surface area contributed by atoms with Crippen LogP contribution >= 0.6 is 11.3 Å². The second-order valence-electron chi connectivity index (χ2n) is 3.09. The van der Waals surface area contributed by atoms with Crippen LogP contribution in [0.25, 0.3) is 0 Å². The summed E-state index contributed by atoms with van der Waals surface area (Å²) in [5, 5.41) is 6.45. The molecule has 76 valence electrons. The molecule has 1 heterocycles. The van der Waals surface area contributed by atoms with Gasteiger partial charge in [-0.05, 0) is 29.6 Å². The molecule has 2 rings (SSSR count). The molecule has 0 aliphatic carbocycles. The maximum absolute atomic E-state index is 11.6. The fourth-order valence-corrected chi connectivity index (χ4v) is 1.85. The lowest BCUT2D eigenvalue weighted by molar-refractivity contribution is 0.102. The van der Waals surface area contributed by atoms with Crippen molar-refractivity contribution in [2.75, 3.05) is 11.1 Å². The summed E-state index contributed by atoms with van der Waals surface area (Å²) in [5.41, 5.74) is 7.62. The van der Waals surface area contributed by atoms with Crippen LogP contribution in [0.2, 0.25) is 0 Å². The number of hydrogen-bond donors (Lipinski definition) is 2. The van der Waals surface area contributed by atoms with Crippen molar-refractivity contribution >= 4 is 28.6 Å². The normalized spacial score (nSPS) is 9.87. The molecule has 1 amide bonds. The van der Waals surface area contributed by atoms with Crippen LogP contribution in [-0.4, -0.2) is 5.91 Å². The fourth-order valence-electron chi connectivity index (χ4n) is 1.21. The van der Waals surface area contributed by atoms with Crippen LogP contribution in [-0.2, 0) is 0 Å². The first-order valence-corrected chi connectivity index (χ1v) is 5.39. The lowest BCUT2D eigenvalue weighted by Gasteiger charge is -2.03. The van der Waals surface area contributed by atoms with Gasteiger partial charge in [-0.3, -0.25) is 4.79 Å². The van der Waals surface area contributed by atoms with Gasteiger partial charge in [0.25, 0.3) is 5.91 Å². The first-order chi connectivity index (χ1) is 7.25. The van der Waals surface area contributed by atoms with E-state index in [1.54, 1.807) is 30.3 Å². The molecule has 0 spiro atoms. The number of nitrogens with two attached hydrogens (primary N) is 1. The molecule has 0 saturated heterocycles. The van der Waals surface area contributed by atoms with E-state index in [9.17, 15) is 4.79 Å². The number of nitrogens with one attached hydrogen (secondary N) is 1. The van der Waals surface area contributed by atoms with Gasteiger partial charge in [-0.25, -0.2) is 0 Å². The largest absolute Gasteiger partial charge is 0.399 e. The molecule has 0 saturated carbocycles. The van der Waals surface area contributed by atoms with Gasteiger partial charge in [0.05, 0.1) is 5.56 Å². The van der Waals surface area contributed by atoms with E-state index >= 15 is 0 Å². The molecule has 15 heavy (non-hydrogen) atoms. The Bertz CT molecular complexity index is 465.